The van der Waals surface area contributed by atoms with Crippen LogP contribution in [0.3, 0.4) is 0 Å². The van der Waals surface area contributed by atoms with E-state index in [1.54, 1.807) is 0 Å². The first-order valence-corrected chi connectivity index (χ1v) is 4.27. The van der Waals surface area contributed by atoms with Crippen molar-refractivity contribution >= 4 is 11.6 Å². The molecule has 0 spiro atoms. The molecular formula is C8H8ClF3N2O. The van der Waals surface area contributed by atoms with E-state index in [0.717, 1.165) is 10.8 Å². The van der Waals surface area contributed by atoms with Gasteiger partial charge in [-0.15, -0.1) is 6.58 Å². The highest BCUT2D eigenvalue weighted by molar-refractivity contribution is 6.30. The number of aliphatic hydroxyl groups excluding tert-OH is 1. The SMILES string of the molecule is C=CC(O)c1c(C(F)(F)F)nn(C)c1Cl. The first kappa shape index (κ1) is 12.1. The first-order chi connectivity index (χ1) is 6.79. The van der Waals surface area contributed by atoms with Crippen molar-refractivity contribution in [3.8, 4) is 0 Å². The number of rotatable bonds is 2. The Hall–Kier alpha value is -1.01. The van der Waals surface area contributed by atoms with Crippen LogP contribution in [-0.2, 0) is 13.2 Å². The highest BCUT2D eigenvalue weighted by Crippen LogP contribution is 2.37. The lowest BCUT2D eigenvalue weighted by molar-refractivity contribution is -0.142. The summed E-state index contributed by atoms with van der Waals surface area (Å²) in [7, 11) is 1.26. The number of aromatic nitrogens is 2. The van der Waals surface area contributed by atoms with Crippen molar-refractivity contribution in [3.63, 3.8) is 0 Å². The number of nitrogens with zero attached hydrogens (tertiary/aromatic N) is 2. The van der Waals surface area contributed by atoms with Gasteiger partial charge in [0.2, 0.25) is 0 Å². The van der Waals surface area contributed by atoms with Crippen LogP contribution >= 0.6 is 11.6 Å². The van der Waals surface area contributed by atoms with Crippen molar-refractivity contribution in [2.24, 2.45) is 7.05 Å². The van der Waals surface area contributed by atoms with Crippen LogP contribution in [0.5, 0.6) is 0 Å². The number of aryl methyl sites for hydroxylation is 1. The number of alkyl halides is 3. The molecule has 0 saturated heterocycles. The molecular weight excluding hydrogens is 233 g/mol. The zero-order chi connectivity index (χ0) is 11.8. The second kappa shape index (κ2) is 3.86. The largest absolute Gasteiger partial charge is 0.435 e. The highest BCUT2D eigenvalue weighted by Gasteiger charge is 2.40. The Kier molecular flexibility index (Phi) is 3.11. The van der Waals surface area contributed by atoms with E-state index in [9.17, 15) is 18.3 Å². The van der Waals surface area contributed by atoms with Crippen molar-refractivity contribution in [2.45, 2.75) is 12.3 Å². The maximum absolute atomic E-state index is 12.5. The smallest absolute Gasteiger partial charge is 0.384 e. The van der Waals surface area contributed by atoms with Crippen LogP contribution in [0.2, 0.25) is 5.15 Å². The van der Waals surface area contributed by atoms with Gasteiger partial charge < -0.3 is 5.11 Å². The average Bonchev–Trinajstić information content (AvgIpc) is 2.42. The Labute approximate surface area is 88.8 Å². The second-order valence-corrected chi connectivity index (χ2v) is 3.21. The predicted molar refractivity (Wildman–Crippen MR) is 48.4 cm³/mol. The summed E-state index contributed by atoms with van der Waals surface area (Å²) in [5.74, 6) is 0. The molecule has 0 aliphatic carbocycles. The van der Waals surface area contributed by atoms with Crippen LogP contribution in [0.1, 0.15) is 17.4 Å². The summed E-state index contributed by atoms with van der Waals surface area (Å²) < 4.78 is 38.2. The molecule has 1 aromatic rings. The van der Waals surface area contributed by atoms with Gasteiger partial charge in [0.15, 0.2) is 5.69 Å². The van der Waals surface area contributed by atoms with Crippen molar-refractivity contribution < 1.29 is 18.3 Å². The van der Waals surface area contributed by atoms with Crippen LogP contribution in [0.15, 0.2) is 12.7 Å². The predicted octanol–water partition coefficient (Wildman–Crippen LogP) is 2.31. The normalized spacial score (nSPS) is 14.0. The lowest BCUT2D eigenvalue weighted by atomic mass is 10.1. The molecule has 15 heavy (non-hydrogen) atoms. The van der Waals surface area contributed by atoms with E-state index < -0.39 is 23.5 Å². The summed E-state index contributed by atoms with van der Waals surface area (Å²) in [4.78, 5) is 0. The molecule has 84 valence electrons. The van der Waals surface area contributed by atoms with Gasteiger partial charge in [-0.25, -0.2) is 0 Å². The van der Waals surface area contributed by atoms with Gasteiger partial charge in [0, 0.05) is 7.05 Å². The molecule has 1 rings (SSSR count). The third kappa shape index (κ3) is 2.15. The third-order valence-corrected chi connectivity index (χ3v) is 2.25. The first-order valence-electron chi connectivity index (χ1n) is 3.89. The molecule has 0 aliphatic rings. The molecule has 3 nitrogen and oxygen atoms in total. The van der Waals surface area contributed by atoms with E-state index in [1.807, 2.05) is 0 Å². The molecule has 0 fully saturated rings. The Morgan fingerprint density at radius 3 is 2.53 bits per heavy atom. The second-order valence-electron chi connectivity index (χ2n) is 2.85. The van der Waals surface area contributed by atoms with E-state index >= 15 is 0 Å². The molecule has 0 aromatic carbocycles. The molecule has 1 heterocycles. The van der Waals surface area contributed by atoms with Crippen molar-refractivity contribution in [3.05, 3.63) is 29.1 Å². The Morgan fingerprint density at radius 2 is 2.13 bits per heavy atom. The minimum Gasteiger partial charge on any atom is -0.384 e. The van der Waals surface area contributed by atoms with Gasteiger partial charge in [0.1, 0.15) is 11.3 Å². The van der Waals surface area contributed by atoms with E-state index in [0.29, 0.717) is 0 Å². The average molecular weight is 241 g/mol. The monoisotopic (exact) mass is 240 g/mol. The molecule has 1 unspecified atom stereocenters. The summed E-state index contributed by atoms with van der Waals surface area (Å²) in [6, 6.07) is 0. The van der Waals surface area contributed by atoms with E-state index in [-0.39, 0.29) is 5.15 Å². The minimum absolute atomic E-state index is 0.255. The quantitative estimate of drug-likeness (QED) is 0.806. The molecule has 0 amide bonds. The van der Waals surface area contributed by atoms with Gasteiger partial charge in [-0.05, 0) is 0 Å². The van der Waals surface area contributed by atoms with E-state index in [1.165, 1.54) is 7.05 Å². The molecule has 1 aromatic heterocycles. The van der Waals surface area contributed by atoms with Gasteiger partial charge in [-0.1, -0.05) is 17.7 Å². The summed E-state index contributed by atoms with van der Waals surface area (Å²) in [6.45, 7) is 3.20. The van der Waals surface area contributed by atoms with Crippen molar-refractivity contribution in [2.75, 3.05) is 0 Å². The summed E-state index contributed by atoms with van der Waals surface area (Å²) in [5, 5.41) is 12.3. The fraction of sp³-hybridized carbons (Fsp3) is 0.375. The maximum atomic E-state index is 12.5. The van der Waals surface area contributed by atoms with E-state index in [2.05, 4.69) is 11.7 Å². The fourth-order valence-corrected chi connectivity index (χ4v) is 1.35. The molecule has 0 bridgehead atoms. The standard InChI is InChI=1S/C8H8ClF3N2O/c1-3-4(15)5-6(8(10,11)12)13-14(2)7(5)9/h3-4,15H,1H2,2H3. The van der Waals surface area contributed by atoms with Gasteiger partial charge in [0.25, 0.3) is 0 Å². The molecule has 1 atom stereocenters. The van der Waals surface area contributed by atoms with Gasteiger partial charge in [-0.2, -0.15) is 18.3 Å². The Morgan fingerprint density at radius 1 is 1.60 bits per heavy atom. The maximum Gasteiger partial charge on any atom is 0.435 e. The Balaban J connectivity index is 3.40. The third-order valence-electron chi connectivity index (χ3n) is 1.80. The Bertz CT molecular complexity index is 386. The van der Waals surface area contributed by atoms with Crippen LogP contribution < -0.4 is 0 Å². The molecule has 1 N–H and O–H groups in total. The number of hydrogen-bond donors (Lipinski definition) is 1. The van der Waals surface area contributed by atoms with Crippen LogP contribution in [-0.4, -0.2) is 14.9 Å². The zero-order valence-corrected chi connectivity index (χ0v) is 8.47. The lowest BCUT2D eigenvalue weighted by Crippen LogP contribution is -2.11. The number of aliphatic hydroxyl groups is 1. The number of halogens is 4. The highest BCUT2D eigenvalue weighted by atomic mass is 35.5. The fourth-order valence-electron chi connectivity index (χ4n) is 1.11. The minimum atomic E-state index is -4.65. The van der Waals surface area contributed by atoms with Crippen molar-refractivity contribution in [1.82, 2.24) is 9.78 Å². The lowest BCUT2D eigenvalue weighted by Gasteiger charge is -2.08. The zero-order valence-electron chi connectivity index (χ0n) is 7.72. The van der Waals surface area contributed by atoms with Crippen molar-refractivity contribution in [1.29, 1.82) is 0 Å². The summed E-state index contributed by atoms with van der Waals surface area (Å²) in [6.07, 6.45) is -5.18. The molecule has 0 radical (unpaired) electrons. The van der Waals surface area contributed by atoms with Gasteiger partial charge >= 0.3 is 6.18 Å². The van der Waals surface area contributed by atoms with Crippen LogP contribution in [0.25, 0.3) is 0 Å². The van der Waals surface area contributed by atoms with Gasteiger partial charge in [0.05, 0.1) is 5.56 Å². The van der Waals surface area contributed by atoms with Crippen LogP contribution in [0, 0.1) is 0 Å². The molecule has 0 aliphatic heterocycles. The van der Waals surface area contributed by atoms with Gasteiger partial charge in [-0.3, -0.25) is 4.68 Å². The molecule has 0 saturated carbocycles. The summed E-state index contributed by atoms with van der Waals surface area (Å²) >= 11 is 5.59. The van der Waals surface area contributed by atoms with Crippen LogP contribution in [0.4, 0.5) is 13.2 Å². The topological polar surface area (TPSA) is 38.1 Å². The summed E-state index contributed by atoms with van der Waals surface area (Å²) in [5.41, 5.74) is -1.66. The molecule has 7 heteroatoms. The van der Waals surface area contributed by atoms with E-state index in [4.69, 9.17) is 11.6 Å². The number of hydrogen-bond acceptors (Lipinski definition) is 2.